The summed E-state index contributed by atoms with van der Waals surface area (Å²) in [6, 6.07) is 12.5. The topological polar surface area (TPSA) is 56.8 Å². The molecule has 8 heteroatoms. The third-order valence-electron chi connectivity index (χ3n) is 4.36. The van der Waals surface area contributed by atoms with Gasteiger partial charge in [0, 0.05) is 13.0 Å². The first-order valence-electron chi connectivity index (χ1n) is 9.99. The molecule has 0 bridgehead atoms. The average Bonchev–Trinajstić information content (AvgIpc) is 2.73. The normalized spacial score (nSPS) is 11.5. The molecule has 0 aliphatic carbocycles. The number of rotatable bonds is 11. The summed E-state index contributed by atoms with van der Waals surface area (Å²) in [6.07, 6.45) is -3.59. The Labute approximate surface area is 180 Å². The second-order valence-electron chi connectivity index (χ2n) is 7.34. The molecule has 0 saturated carbocycles. The lowest BCUT2D eigenvalue weighted by Gasteiger charge is -2.13. The summed E-state index contributed by atoms with van der Waals surface area (Å²) in [6.45, 7) is 3.54. The van der Waals surface area contributed by atoms with E-state index < -0.39 is 12.8 Å². The van der Waals surface area contributed by atoms with Crippen LogP contribution in [0.15, 0.2) is 42.5 Å². The van der Waals surface area contributed by atoms with E-state index in [1.54, 1.807) is 12.1 Å². The van der Waals surface area contributed by atoms with Gasteiger partial charge in [-0.05, 0) is 49.1 Å². The van der Waals surface area contributed by atoms with Crippen molar-refractivity contribution >= 4 is 5.91 Å². The molecule has 0 atom stereocenters. The highest BCUT2D eigenvalue weighted by molar-refractivity contribution is 5.76. The summed E-state index contributed by atoms with van der Waals surface area (Å²) in [5, 5.41) is 2.86. The van der Waals surface area contributed by atoms with Gasteiger partial charge in [-0.1, -0.05) is 30.3 Å². The van der Waals surface area contributed by atoms with Crippen molar-refractivity contribution in [2.75, 3.05) is 13.7 Å². The quantitative estimate of drug-likeness (QED) is 0.546. The highest BCUT2D eigenvalue weighted by Crippen LogP contribution is 2.30. The molecule has 0 aliphatic rings. The van der Waals surface area contributed by atoms with Gasteiger partial charge in [0.2, 0.25) is 5.91 Å². The average molecular weight is 439 g/mol. The third kappa shape index (κ3) is 9.29. The Morgan fingerprint density at radius 3 is 2.26 bits per heavy atom. The van der Waals surface area contributed by atoms with Crippen molar-refractivity contribution < 1.29 is 32.2 Å². The van der Waals surface area contributed by atoms with E-state index in [4.69, 9.17) is 14.2 Å². The summed E-state index contributed by atoms with van der Waals surface area (Å²) in [5.41, 5.74) is 2.82. The minimum atomic E-state index is -4.43. The van der Waals surface area contributed by atoms with Gasteiger partial charge in [0.15, 0.2) is 18.1 Å². The Balaban J connectivity index is 1.80. The van der Waals surface area contributed by atoms with Crippen LogP contribution in [0.2, 0.25) is 0 Å². The number of hydrogen-bond donors (Lipinski definition) is 1. The van der Waals surface area contributed by atoms with E-state index in [2.05, 4.69) is 5.32 Å². The van der Waals surface area contributed by atoms with E-state index in [1.807, 2.05) is 38.1 Å². The Morgan fingerprint density at radius 2 is 1.65 bits per heavy atom. The number of benzene rings is 2. The van der Waals surface area contributed by atoms with Gasteiger partial charge in [0.1, 0.15) is 0 Å². The molecule has 2 aromatic rings. The summed E-state index contributed by atoms with van der Waals surface area (Å²) in [4.78, 5) is 12.2. The molecule has 0 aliphatic heterocycles. The van der Waals surface area contributed by atoms with Gasteiger partial charge in [-0.2, -0.15) is 13.2 Å². The fourth-order valence-corrected chi connectivity index (χ4v) is 2.71. The van der Waals surface area contributed by atoms with Crippen LogP contribution >= 0.6 is 0 Å². The van der Waals surface area contributed by atoms with E-state index in [-0.39, 0.29) is 29.9 Å². The molecule has 0 aromatic heterocycles. The number of carbonyl (C=O) groups excluding carboxylic acids is 1. The zero-order chi connectivity index (χ0) is 22.9. The molecule has 0 unspecified atom stereocenters. The number of halogens is 3. The predicted molar refractivity (Wildman–Crippen MR) is 111 cm³/mol. The van der Waals surface area contributed by atoms with Crippen LogP contribution in [0, 0.1) is 0 Å². The number of carbonyl (C=O) groups is 1. The molecule has 1 amide bonds. The van der Waals surface area contributed by atoms with E-state index in [9.17, 15) is 18.0 Å². The van der Waals surface area contributed by atoms with E-state index in [0.717, 1.165) is 16.7 Å². The van der Waals surface area contributed by atoms with Crippen LogP contribution in [0.4, 0.5) is 13.2 Å². The largest absolute Gasteiger partial charge is 0.493 e. The summed E-state index contributed by atoms with van der Waals surface area (Å²) >= 11 is 0. The molecule has 5 nitrogen and oxygen atoms in total. The first-order chi connectivity index (χ1) is 14.7. The zero-order valence-electron chi connectivity index (χ0n) is 17.9. The molecule has 2 rings (SSSR count). The number of hydrogen-bond acceptors (Lipinski definition) is 4. The van der Waals surface area contributed by atoms with Crippen molar-refractivity contribution in [2.45, 2.75) is 52.1 Å². The Morgan fingerprint density at radius 1 is 1.00 bits per heavy atom. The van der Waals surface area contributed by atoms with Crippen molar-refractivity contribution in [1.29, 1.82) is 0 Å². The second kappa shape index (κ2) is 11.6. The van der Waals surface area contributed by atoms with Crippen molar-refractivity contribution in [3.63, 3.8) is 0 Å². The van der Waals surface area contributed by atoms with E-state index in [1.165, 1.54) is 13.2 Å². The van der Waals surface area contributed by atoms with Crippen molar-refractivity contribution in [1.82, 2.24) is 5.32 Å². The van der Waals surface area contributed by atoms with Gasteiger partial charge in [-0.25, -0.2) is 0 Å². The van der Waals surface area contributed by atoms with Crippen LogP contribution in [-0.2, 0) is 29.1 Å². The highest BCUT2D eigenvalue weighted by atomic mass is 19.4. The SMILES string of the molecule is COc1cc(CCC(=O)NCc2ccc(COC(C)C)cc2)ccc1OCC(F)(F)F. The van der Waals surface area contributed by atoms with Gasteiger partial charge in [0.25, 0.3) is 0 Å². The highest BCUT2D eigenvalue weighted by Gasteiger charge is 2.29. The minimum absolute atomic E-state index is 0.00951. The van der Waals surface area contributed by atoms with Crippen LogP contribution in [0.25, 0.3) is 0 Å². The summed E-state index contributed by atoms with van der Waals surface area (Å²) in [5.74, 6) is 0.0857. The maximum absolute atomic E-state index is 12.3. The van der Waals surface area contributed by atoms with Crippen molar-refractivity contribution in [3.05, 3.63) is 59.2 Å². The van der Waals surface area contributed by atoms with Crippen molar-refractivity contribution in [2.24, 2.45) is 0 Å². The summed E-state index contributed by atoms with van der Waals surface area (Å²) < 4.78 is 52.4. The van der Waals surface area contributed by atoms with Crippen LogP contribution in [0.5, 0.6) is 11.5 Å². The Kier molecular flexibility index (Phi) is 9.18. The van der Waals surface area contributed by atoms with Gasteiger partial charge >= 0.3 is 6.18 Å². The van der Waals surface area contributed by atoms with E-state index >= 15 is 0 Å². The standard InChI is InChI=1S/C23H28F3NO4/c1-16(2)30-14-19-6-4-18(5-7-19)13-27-22(28)11-9-17-8-10-20(21(12-17)29-3)31-15-23(24,25)26/h4-8,10,12,16H,9,11,13-15H2,1-3H3,(H,27,28). The molecule has 0 heterocycles. The lowest BCUT2D eigenvalue weighted by atomic mass is 10.1. The maximum Gasteiger partial charge on any atom is 0.422 e. The monoisotopic (exact) mass is 439 g/mol. The molecular weight excluding hydrogens is 411 g/mol. The van der Waals surface area contributed by atoms with Crippen LogP contribution in [0.3, 0.4) is 0 Å². The fraction of sp³-hybridized carbons (Fsp3) is 0.435. The number of alkyl halides is 3. The third-order valence-corrected chi connectivity index (χ3v) is 4.36. The maximum atomic E-state index is 12.3. The molecule has 170 valence electrons. The number of aryl methyl sites for hydroxylation is 1. The first-order valence-corrected chi connectivity index (χ1v) is 9.99. The lowest BCUT2D eigenvalue weighted by molar-refractivity contribution is -0.153. The smallest absolute Gasteiger partial charge is 0.422 e. The molecule has 2 aromatic carbocycles. The predicted octanol–water partition coefficient (Wildman–Crippen LogP) is 4.81. The van der Waals surface area contributed by atoms with Crippen LogP contribution < -0.4 is 14.8 Å². The second-order valence-corrected chi connectivity index (χ2v) is 7.34. The lowest BCUT2D eigenvalue weighted by Crippen LogP contribution is -2.23. The molecule has 1 N–H and O–H groups in total. The van der Waals surface area contributed by atoms with Gasteiger partial charge in [-0.3, -0.25) is 4.79 Å². The minimum Gasteiger partial charge on any atom is -0.493 e. The molecule has 0 saturated heterocycles. The fourth-order valence-electron chi connectivity index (χ4n) is 2.71. The number of ether oxygens (including phenoxy) is 3. The first kappa shape index (κ1) is 24.5. The van der Waals surface area contributed by atoms with E-state index in [0.29, 0.717) is 19.6 Å². The summed E-state index contributed by atoms with van der Waals surface area (Å²) in [7, 11) is 1.35. The molecular formula is C23H28F3NO4. The number of nitrogens with one attached hydrogen (secondary N) is 1. The molecule has 0 radical (unpaired) electrons. The van der Waals surface area contributed by atoms with Gasteiger partial charge in [0.05, 0.1) is 19.8 Å². The number of amides is 1. The Bertz CT molecular complexity index is 836. The van der Waals surface area contributed by atoms with Gasteiger partial charge in [-0.15, -0.1) is 0 Å². The van der Waals surface area contributed by atoms with Crippen LogP contribution in [0.1, 0.15) is 37.0 Å². The molecule has 31 heavy (non-hydrogen) atoms. The van der Waals surface area contributed by atoms with Gasteiger partial charge < -0.3 is 19.5 Å². The number of methoxy groups -OCH3 is 1. The molecule has 0 spiro atoms. The zero-order valence-corrected chi connectivity index (χ0v) is 17.9. The Hall–Kier alpha value is -2.74. The van der Waals surface area contributed by atoms with Crippen LogP contribution in [-0.4, -0.2) is 31.9 Å². The molecule has 0 fully saturated rings. The van der Waals surface area contributed by atoms with Crippen molar-refractivity contribution in [3.8, 4) is 11.5 Å².